The molecule has 0 bridgehead atoms. The van der Waals surface area contributed by atoms with Crippen LogP contribution in [0.3, 0.4) is 0 Å². The van der Waals surface area contributed by atoms with Crippen LogP contribution in [-0.2, 0) is 0 Å². The number of halogens is 1. The standard InChI is InChI=1S/C12H17BrO2/c1-5-10(14)11-8(3)9(13)6-7(2)12(11)15-4/h6,10,14H,5H2,1-4H3/t10-/m1/s1. The highest BCUT2D eigenvalue weighted by Crippen LogP contribution is 2.37. The van der Waals surface area contributed by atoms with E-state index in [1.54, 1.807) is 7.11 Å². The Morgan fingerprint density at radius 3 is 2.53 bits per heavy atom. The van der Waals surface area contributed by atoms with Crippen molar-refractivity contribution in [2.45, 2.75) is 33.3 Å². The van der Waals surface area contributed by atoms with Crippen LogP contribution in [0, 0.1) is 13.8 Å². The Morgan fingerprint density at radius 1 is 1.47 bits per heavy atom. The van der Waals surface area contributed by atoms with Crippen molar-refractivity contribution in [2.24, 2.45) is 0 Å². The summed E-state index contributed by atoms with van der Waals surface area (Å²) in [4.78, 5) is 0. The van der Waals surface area contributed by atoms with Crippen LogP contribution in [0.4, 0.5) is 0 Å². The Morgan fingerprint density at radius 2 is 2.07 bits per heavy atom. The molecule has 0 aliphatic carbocycles. The fourth-order valence-corrected chi connectivity index (χ4v) is 2.31. The predicted molar refractivity (Wildman–Crippen MR) is 65.4 cm³/mol. The van der Waals surface area contributed by atoms with E-state index in [0.29, 0.717) is 6.42 Å². The van der Waals surface area contributed by atoms with Crippen molar-refractivity contribution < 1.29 is 9.84 Å². The molecule has 0 heterocycles. The van der Waals surface area contributed by atoms with E-state index in [4.69, 9.17) is 4.74 Å². The van der Waals surface area contributed by atoms with E-state index in [-0.39, 0.29) is 0 Å². The molecule has 0 saturated heterocycles. The lowest BCUT2D eigenvalue weighted by molar-refractivity contribution is 0.168. The molecule has 84 valence electrons. The fraction of sp³-hybridized carbons (Fsp3) is 0.500. The number of hydrogen-bond acceptors (Lipinski definition) is 2. The maximum Gasteiger partial charge on any atom is 0.127 e. The van der Waals surface area contributed by atoms with Crippen LogP contribution < -0.4 is 4.74 Å². The largest absolute Gasteiger partial charge is 0.496 e. The highest BCUT2D eigenvalue weighted by molar-refractivity contribution is 9.10. The van der Waals surface area contributed by atoms with Gasteiger partial charge in [-0.15, -0.1) is 0 Å². The first kappa shape index (κ1) is 12.5. The summed E-state index contributed by atoms with van der Waals surface area (Å²) in [6.45, 7) is 5.93. The second-order valence-corrected chi connectivity index (χ2v) is 4.53. The van der Waals surface area contributed by atoms with Gasteiger partial charge in [-0.25, -0.2) is 0 Å². The molecule has 1 aromatic rings. The van der Waals surface area contributed by atoms with Crippen LogP contribution >= 0.6 is 15.9 Å². The SMILES string of the molecule is CC[C@@H](O)c1c(C)c(Br)cc(C)c1OC. The van der Waals surface area contributed by atoms with Gasteiger partial charge in [0.25, 0.3) is 0 Å². The van der Waals surface area contributed by atoms with Crippen LogP contribution in [0.25, 0.3) is 0 Å². The van der Waals surface area contributed by atoms with Gasteiger partial charge < -0.3 is 9.84 Å². The highest BCUT2D eigenvalue weighted by Gasteiger charge is 2.18. The Balaban J connectivity index is 3.43. The Labute approximate surface area is 99.4 Å². The van der Waals surface area contributed by atoms with Crippen molar-refractivity contribution in [1.82, 2.24) is 0 Å². The molecule has 0 unspecified atom stereocenters. The highest BCUT2D eigenvalue weighted by atomic mass is 79.9. The second-order valence-electron chi connectivity index (χ2n) is 3.67. The molecule has 1 aromatic carbocycles. The Hall–Kier alpha value is -0.540. The van der Waals surface area contributed by atoms with Crippen LogP contribution in [0.1, 0.15) is 36.1 Å². The van der Waals surface area contributed by atoms with E-state index in [9.17, 15) is 5.11 Å². The molecular formula is C12H17BrO2. The van der Waals surface area contributed by atoms with Crippen molar-refractivity contribution in [2.75, 3.05) is 7.11 Å². The van der Waals surface area contributed by atoms with Gasteiger partial charge in [0.15, 0.2) is 0 Å². The van der Waals surface area contributed by atoms with Crippen molar-refractivity contribution in [3.8, 4) is 5.75 Å². The first-order valence-electron chi connectivity index (χ1n) is 5.04. The van der Waals surface area contributed by atoms with Gasteiger partial charge in [0, 0.05) is 10.0 Å². The number of ether oxygens (including phenoxy) is 1. The molecule has 0 radical (unpaired) electrons. The number of methoxy groups -OCH3 is 1. The molecule has 1 N–H and O–H groups in total. The summed E-state index contributed by atoms with van der Waals surface area (Å²) in [5, 5.41) is 9.97. The van der Waals surface area contributed by atoms with Crippen LogP contribution in [0.2, 0.25) is 0 Å². The summed E-state index contributed by atoms with van der Waals surface area (Å²) < 4.78 is 6.37. The van der Waals surface area contributed by atoms with Gasteiger partial charge in [-0.05, 0) is 37.5 Å². The maximum atomic E-state index is 9.97. The van der Waals surface area contributed by atoms with Crippen LogP contribution in [0.15, 0.2) is 10.5 Å². The Bertz CT molecular complexity index is 361. The molecule has 0 aliphatic heterocycles. The summed E-state index contributed by atoms with van der Waals surface area (Å²) in [6.07, 6.45) is 0.226. The smallest absolute Gasteiger partial charge is 0.127 e. The van der Waals surface area contributed by atoms with Gasteiger partial charge in [-0.2, -0.15) is 0 Å². The summed E-state index contributed by atoms with van der Waals surface area (Å²) in [5.74, 6) is 0.796. The number of aliphatic hydroxyl groups excluding tert-OH is 1. The van der Waals surface area contributed by atoms with Crippen molar-refractivity contribution in [3.63, 3.8) is 0 Å². The first-order valence-corrected chi connectivity index (χ1v) is 5.83. The van der Waals surface area contributed by atoms with Gasteiger partial charge in [-0.1, -0.05) is 22.9 Å². The van der Waals surface area contributed by atoms with Crippen LogP contribution in [0.5, 0.6) is 5.75 Å². The van der Waals surface area contributed by atoms with E-state index < -0.39 is 6.10 Å². The molecule has 0 amide bonds. The zero-order valence-electron chi connectivity index (χ0n) is 9.60. The van der Waals surface area contributed by atoms with Gasteiger partial charge in [-0.3, -0.25) is 0 Å². The van der Waals surface area contributed by atoms with E-state index >= 15 is 0 Å². The number of aryl methyl sites for hydroxylation is 1. The van der Waals surface area contributed by atoms with Gasteiger partial charge in [0.1, 0.15) is 5.75 Å². The van der Waals surface area contributed by atoms with Gasteiger partial charge >= 0.3 is 0 Å². The van der Waals surface area contributed by atoms with E-state index in [1.807, 2.05) is 26.8 Å². The molecule has 15 heavy (non-hydrogen) atoms. The topological polar surface area (TPSA) is 29.5 Å². The average molecular weight is 273 g/mol. The number of aliphatic hydroxyl groups is 1. The number of benzene rings is 1. The second kappa shape index (κ2) is 4.99. The molecule has 3 heteroatoms. The van der Waals surface area contributed by atoms with E-state index in [2.05, 4.69) is 15.9 Å². The third-order valence-corrected chi connectivity index (χ3v) is 3.46. The zero-order valence-corrected chi connectivity index (χ0v) is 11.2. The van der Waals surface area contributed by atoms with Crippen molar-refractivity contribution in [1.29, 1.82) is 0 Å². The quantitative estimate of drug-likeness (QED) is 0.913. The summed E-state index contributed by atoms with van der Waals surface area (Å²) in [7, 11) is 1.64. The van der Waals surface area contributed by atoms with Gasteiger partial charge in [0.2, 0.25) is 0 Å². The first-order chi connectivity index (χ1) is 7.02. The lowest BCUT2D eigenvalue weighted by Gasteiger charge is -2.19. The normalized spacial score (nSPS) is 12.7. The van der Waals surface area contributed by atoms with Crippen molar-refractivity contribution in [3.05, 3.63) is 27.2 Å². The molecule has 0 aromatic heterocycles. The molecule has 1 rings (SSSR count). The van der Waals surface area contributed by atoms with Crippen LogP contribution in [-0.4, -0.2) is 12.2 Å². The molecule has 0 aliphatic rings. The van der Waals surface area contributed by atoms with E-state index in [1.165, 1.54) is 0 Å². The molecular weight excluding hydrogens is 256 g/mol. The summed E-state index contributed by atoms with van der Waals surface area (Å²) in [6, 6.07) is 2.01. The minimum absolute atomic E-state index is 0.462. The molecule has 1 atom stereocenters. The third kappa shape index (κ3) is 2.34. The zero-order chi connectivity index (χ0) is 11.6. The predicted octanol–water partition coefficient (Wildman–Crippen LogP) is 3.52. The molecule has 0 saturated carbocycles. The lowest BCUT2D eigenvalue weighted by atomic mass is 9.97. The number of rotatable bonds is 3. The maximum absolute atomic E-state index is 9.97. The third-order valence-electron chi connectivity index (χ3n) is 2.63. The fourth-order valence-electron chi connectivity index (χ4n) is 1.75. The summed E-state index contributed by atoms with van der Waals surface area (Å²) in [5.41, 5.74) is 2.98. The minimum Gasteiger partial charge on any atom is -0.496 e. The molecule has 0 spiro atoms. The molecule has 2 nitrogen and oxygen atoms in total. The summed E-state index contributed by atoms with van der Waals surface area (Å²) >= 11 is 3.49. The van der Waals surface area contributed by atoms with E-state index in [0.717, 1.165) is 26.9 Å². The lowest BCUT2D eigenvalue weighted by Crippen LogP contribution is -2.04. The molecule has 0 fully saturated rings. The van der Waals surface area contributed by atoms with Gasteiger partial charge in [0.05, 0.1) is 13.2 Å². The minimum atomic E-state index is -0.462. The Kier molecular flexibility index (Phi) is 4.17. The number of hydrogen-bond donors (Lipinski definition) is 1. The monoisotopic (exact) mass is 272 g/mol. The van der Waals surface area contributed by atoms with Crippen molar-refractivity contribution >= 4 is 15.9 Å². The average Bonchev–Trinajstić information content (AvgIpc) is 2.21.